The molecular weight excluding hydrogens is 460 g/mol. The van der Waals surface area contributed by atoms with Gasteiger partial charge in [0.05, 0.1) is 27.6 Å². The molecule has 1 aromatic carbocycles. The monoisotopic (exact) mass is 492 g/mol. The summed E-state index contributed by atoms with van der Waals surface area (Å²) in [6, 6.07) is 9.51. The van der Waals surface area contributed by atoms with Gasteiger partial charge in [-0.1, -0.05) is 0 Å². The van der Waals surface area contributed by atoms with Gasteiger partial charge in [-0.05, 0) is 62.6 Å². The molecule has 1 N–H and O–H groups in total. The smallest absolute Gasteiger partial charge is 0.251 e. The zero-order valence-electron chi connectivity index (χ0n) is 21.1. The molecule has 0 spiro atoms. The van der Waals surface area contributed by atoms with E-state index in [4.69, 9.17) is 23.6 Å². The van der Waals surface area contributed by atoms with Gasteiger partial charge in [-0.2, -0.15) is 0 Å². The number of aromatic nitrogens is 2. The summed E-state index contributed by atoms with van der Waals surface area (Å²) in [5, 5.41) is 3.11. The van der Waals surface area contributed by atoms with Crippen LogP contribution in [0.3, 0.4) is 0 Å². The Morgan fingerprint density at radius 1 is 1.14 bits per heavy atom. The number of methoxy groups -OCH3 is 3. The van der Waals surface area contributed by atoms with Gasteiger partial charge in [0.1, 0.15) is 11.5 Å². The largest absolute Gasteiger partial charge is 0.493 e. The van der Waals surface area contributed by atoms with E-state index in [2.05, 4.69) is 21.3 Å². The van der Waals surface area contributed by atoms with Crippen molar-refractivity contribution in [3.8, 4) is 28.7 Å². The summed E-state index contributed by atoms with van der Waals surface area (Å²) in [5.74, 6) is 3.59. The molecule has 2 bridgehead atoms. The van der Waals surface area contributed by atoms with Crippen LogP contribution < -0.4 is 19.5 Å². The third-order valence-corrected chi connectivity index (χ3v) is 7.32. The number of amides is 1. The van der Waals surface area contributed by atoms with Gasteiger partial charge >= 0.3 is 0 Å². The van der Waals surface area contributed by atoms with E-state index in [0.29, 0.717) is 47.2 Å². The Morgan fingerprint density at radius 3 is 2.53 bits per heavy atom. The molecule has 9 nitrogen and oxygen atoms in total. The Hall–Kier alpha value is -3.59. The summed E-state index contributed by atoms with van der Waals surface area (Å²) in [7, 11) is 4.62. The molecule has 3 aliphatic rings. The van der Waals surface area contributed by atoms with Gasteiger partial charge < -0.3 is 23.9 Å². The number of hydrogen-bond acceptors (Lipinski definition) is 8. The summed E-state index contributed by atoms with van der Waals surface area (Å²) in [6.07, 6.45) is 3.80. The molecule has 2 aromatic heterocycles. The van der Waals surface area contributed by atoms with Crippen LogP contribution in [-0.2, 0) is 0 Å². The first-order chi connectivity index (χ1) is 17.5. The first kappa shape index (κ1) is 24.1. The lowest BCUT2D eigenvalue weighted by Crippen LogP contribution is -2.56. The fourth-order valence-corrected chi connectivity index (χ4v) is 5.54. The van der Waals surface area contributed by atoms with E-state index >= 15 is 0 Å². The number of nitrogens with zero attached hydrogens (tertiary/aromatic N) is 3. The van der Waals surface area contributed by atoms with E-state index in [9.17, 15) is 4.79 Å². The summed E-state index contributed by atoms with van der Waals surface area (Å²) in [5.41, 5.74) is 2.37. The average Bonchev–Trinajstić information content (AvgIpc) is 3.46. The Labute approximate surface area is 210 Å². The second kappa shape index (κ2) is 10.2. The zero-order valence-corrected chi connectivity index (χ0v) is 21.1. The predicted molar refractivity (Wildman–Crippen MR) is 134 cm³/mol. The van der Waals surface area contributed by atoms with Gasteiger partial charge in [-0.25, -0.2) is 9.97 Å². The molecule has 1 amide bonds. The number of carbonyl (C=O) groups is 1. The number of aryl methyl sites for hydroxylation is 1. The first-order valence-electron chi connectivity index (χ1n) is 12.2. The summed E-state index contributed by atoms with van der Waals surface area (Å²) in [6.45, 7) is 4.46. The van der Waals surface area contributed by atoms with Gasteiger partial charge in [-0.15, -0.1) is 0 Å². The van der Waals surface area contributed by atoms with Crippen molar-refractivity contribution in [3.63, 3.8) is 0 Å². The minimum atomic E-state index is -0.164. The van der Waals surface area contributed by atoms with Crippen molar-refractivity contribution in [2.45, 2.75) is 31.7 Å². The van der Waals surface area contributed by atoms with E-state index in [-0.39, 0.29) is 5.91 Å². The van der Waals surface area contributed by atoms with Crippen LogP contribution in [0.5, 0.6) is 17.2 Å². The molecule has 3 aliphatic heterocycles. The highest BCUT2D eigenvalue weighted by Crippen LogP contribution is 2.42. The SMILES string of the molecule is COc1cc(C(=O)NCC2CC3CCN2CC3c2cc(-c3ccco3)nc(C)n2)cc(OC)c1OC. The highest BCUT2D eigenvalue weighted by molar-refractivity contribution is 5.95. The molecule has 5 heterocycles. The number of carbonyl (C=O) groups excluding carboxylic acids is 1. The van der Waals surface area contributed by atoms with E-state index in [1.54, 1.807) is 25.5 Å². The summed E-state index contributed by atoms with van der Waals surface area (Å²) >= 11 is 0. The highest BCUT2D eigenvalue weighted by atomic mass is 16.5. The standard InChI is InChI=1S/C27H32N4O5/c1-16-29-21(13-22(30-16)23-6-5-9-36-23)20-15-31-8-7-17(20)10-19(31)14-28-27(32)18-11-24(33-2)26(35-4)25(12-18)34-3/h5-6,9,11-13,17,19-20H,7-8,10,14-15H2,1-4H3,(H,28,32). The zero-order chi connectivity index (χ0) is 25.2. The van der Waals surface area contributed by atoms with Gasteiger partial charge in [0, 0.05) is 36.3 Å². The topological polar surface area (TPSA) is 99.0 Å². The molecule has 6 rings (SSSR count). The molecule has 3 aromatic rings. The van der Waals surface area contributed by atoms with Crippen LogP contribution in [0.1, 0.15) is 40.6 Å². The van der Waals surface area contributed by atoms with E-state index < -0.39 is 0 Å². The maximum absolute atomic E-state index is 13.0. The predicted octanol–water partition coefficient (Wildman–Crippen LogP) is 3.68. The Bertz CT molecular complexity index is 1200. The number of furan rings is 1. The van der Waals surface area contributed by atoms with Gasteiger partial charge in [0.2, 0.25) is 5.75 Å². The molecule has 0 saturated carbocycles. The molecule has 0 aliphatic carbocycles. The second-order valence-corrected chi connectivity index (χ2v) is 9.37. The van der Waals surface area contributed by atoms with Crippen LogP contribution in [0, 0.1) is 12.8 Å². The molecule has 36 heavy (non-hydrogen) atoms. The molecule has 3 fully saturated rings. The minimum Gasteiger partial charge on any atom is -0.493 e. The van der Waals surface area contributed by atoms with E-state index in [0.717, 1.165) is 48.9 Å². The average molecular weight is 493 g/mol. The van der Waals surface area contributed by atoms with Crippen LogP contribution in [0.25, 0.3) is 11.5 Å². The van der Waals surface area contributed by atoms with Crippen molar-refractivity contribution in [3.05, 3.63) is 53.7 Å². The lowest BCUT2D eigenvalue weighted by atomic mass is 9.74. The number of hydrogen-bond donors (Lipinski definition) is 1. The number of fused-ring (bicyclic) bond motifs is 3. The maximum Gasteiger partial charge on any atom is 0.251 e. The fraction of sp³-hybridized carbons (Fsp3) is 0.444. The van der Waals surface area contributed by atoms with Crippen LogP contribution in [0.15, 0.2) is 41.0 Å². The van der Waals surface area contributed by atoms with Crippen molar-refractivity contribution in [1.29, 1.82) is 0 Å². The van der Waals surface area contributed by atoms with E-state index in [1.165, 1.54) is 14.2 Å². The maximum atomic E-state index is 13.0. The van der Waals surface area contributed by atoms with Gasteiger partial charge in [0.25, 0.3) is 5.91 Å². The molecular formula is C27H32N4O5. The lowest BCUT2D eigenvalue weighted by molar-refractivity contribution is 0.0290. The first-order valence-corrected chi connectivity index (χ1v) is 12.2. The van der Waals surface area contributed by atoms with Crippen LogP contribution in [0.4, 0.5) is 0 Å². The van der Waals surface area contributed by atoms with Crippen molar-refractivity contribution < 1.29 is 23.4 Å². The number of benzene rings is 1. The minimum absolute atomic E-state index is 0.164. The molecule has 190 valence electrons. The molecule has 0 radical (unpaired) electrons. The third-order valence-electron chi connectivity index (χ3n) is 7.32. The van der Waals surface area contributed by atoms with Crippen LogP contribution >= 0.6 is 0 Å². The Morgan fingerprint density at radius 2 is 1.92 bits per heavy atom. The fourth-order valence-electron chi connectivity index (χ4n) is 5.54. The molecule has 3 saturated heterocycles. The van der Waals surface area contributed by atoms with Crippen LogP contribution in [-0.4, -0.2) is 67.8 Å². The van der Waals surface area contributed by atoms with Gasteiger partial charge in [-0.3, -0.25) is 9.69 Å². The summed E-state index contributed by atoms with van der Waals surface area (Å²) in [4.78, 5) is 24.8. The molecule has 4 unspecified atom stereocenters. The molecule has 4 atom stereocenters. The van der Waals surface area contributed by atoms with Crippen LogP contribution in [0.2, 0.25) is 0 Å². The number of piperidine rings is 3. The molecule has 9 heteroatoms. The summed E-state index contributed by atoms with van der Waals surface area (Å²) < 4.78 is 21.7. The third kappa shape index (κ3) is 4.63. The second-order valence-electron chi connectivity index (χ2n) is 9.37. The van der Waals surface area contributed by atoms with Crippen molar-refractivity contribution >= 4 is 5.91 Å². The quantitative estimate of drug-likeness (QED) is 0.509. The van der Waals surface area contributed by atoms with E-state index in [1.807, 2.05) is 19.1 Å². The normalized spacial score (nSPS) is 22.8. The van der Waals surface area contributed by atoms with Crippen molar-refractivity contribution in [2.75, 3.05) is 41.0 Å². The number of nitrogens with one attached hydrogen (secondary N) is 1. The Balaban J connectivity index is 1.26. The number of ether oxygens (including phenoxy) is 3. The highest BCUT2D eigenvalue weighted by Gasteiger charge is 2.41. The van der Waals surface area contributed by atoms with Crippen molar-refractivity contribution in [1.82, 2.24) is 20.2 Å². The lowest BCUT2D eigenvalue weighted by Gasteiger charge is -2.49. The van der Waals surface area contributed by atoms with Gasteiger partial charge in [0.15, 0.2) is 17.3 Å². The Kier molecular flexibility index (Phi) is 6.82. The van der Waals surface area contributed by atoms with Crippen molar-refractivity contribution in [2.24, 2.45) is 5.92 Å². The number of rotatable bonds is 8.